The second-order valence-corrected chi connectivity index (χ2v) is 9.87. The Morgan fingerprint density at radius 3 is 2.66 bits per heavy atom. The third-order valence-corrected chi connectivity index (χ3v) is 7.87. The Hall–Kier alpha value is -2.19. The predicted octanol–water partition coefficient (Wildman–Crippen LogP) is 2.79. The first-order valence-electron chi connectivity index (χ1n) is 10.4. The Balaban J connectivity index is 1.53. The summed E-state index contributed by atoms with van der Waals surface area (Å²) in [5.41, 5.74) is 2.58. The number of rotatable bonds is 4. The monoisotopic (exact) mass is 416 g/mol. The molecule has 0 spiro atoms. The lowest BCUT2D eigenvalue weighted by atomic mass is 9.93. The highest BCUT2D eigenvalue weighted by atomic mass is 32.2. The molecule has 1 aromatic heterocycles. The number of amides is 1. The SMILES string of the molecule is Cn1ncc2c1CCCC2NC(=O)c1cccc(S(=O)(=O)N2CCCCCC2)c1. The van der Waals surface area contributed by atoms with Crippen LogP contribution in [0.4, 0.5) is 0 Å². The zero-order valence-corrected chi connectivity index (χ0v) is 17.6. The zero-order valence-electron chi connectivity index (χ0n) is 16.8. The molecule has 156 valence electrons. The molecule has 1 aromatic carbocycles. The number of hydrogen-bond donors (Lipinski definition) is 1. The van der Waals surface area contributed by atoms with Crippen molar-refractivity contribution in [1.82, 2.24) is 19.4 Å². The molecule has 2 heterocycles. The number of sulfonamides is 1. The Bertz CT molecular complexity index is 991. The molecule has 4 rings (SSSR count). The Kier molecular flexibility index (Phi) is 5.74. The van der Waals surface area contributed by atoms with Gasteiger partial charge in [0.05, 0.1) is 17.1 Å². The number of hydrogen-bond acceptors (Lipinski definition) is 4. The van der Waals surface area contributed by atoms with Gasteiger partial charge in [0.25, 0.3) is 5.91 Å². The zero-order chi connectivity index (χ0) is 20.4. The first kappa shape index (κ1) is 20.1. The fraction of sp³-hybridized carbons (Fsp3) is 0.524. The molecule has 1 aliphatic heterocycles. The van der Waals surface area contributed by atoms with Gasteiger partial charge >= 0.3 is 0 Å². The Morgan fingerprint density at radius 1 is 1.14 bits per heavy atom. The van der Waals surface area contributed by atoms with Crippen molar-refractivity contribution in [2.24, 2.45) is 7.05 Å². The maximum atomic E-state index is 13.1. The maximum Gasteiger partial charge on any atom is 0.251 e. The van der Waals surface area contributed by atoms with Gasteiger partial charge in [-0.2, -0.15) is 9.40 Å². The van der Waals surface area contributed by atoms with Gasteiger partial charge in [-0.15, -0.1) is 0 Å². The van der Waals surface area contributed by atoms with E-state index in [4.69, 9.17) is 0 Å². The van der Waals surface area contributed by atoms with Gasteiger partial charge in [-0.25, -0.2) is 8.42 Å². The lowest BCUT2D eigenvalue weighted by molar-refractivity contribution is 0.0932. The van der Waals surface area contributed by atoms with Gasteiger partial charge in [0.1, 0.15) is 0 Å². The number of carbonyl (C=O) groups is 1. The van der Waals surface area contributed by atoms with Gasteiger partial charge in [-0.1, -0.05) is 18.9 Å². The van der Waals surface area contributed by atoms with E-state index in [0.717, 1.165) is 56.2 Å². The van der Waals surface area contributed by atoms with Gasteiger partial charge in [-0.3, -0.25) is 9.48 Å². The van der Waals surface area contributed by atoms with Crippen LogP contribution in [-0.4, -0.2) is 41.5 Å². The molecule has 0 saturated carbocycles. The van der Waals surface area contributed by atoms with Gasteiger partial charge < -0.3 is 5.32 Å². The van der Waals surface area contributed by atoms with E-state index in [9.17, 15) is 13.2 Å². The van der Waals surface area contributed by atoms with Crippen LogP contribution in [0.5, 0.6) is 0 Å². The largest absolute Gasteiger partial charge is 0.345 e. The molecule has 8 heteroatoms. The molecule has 7 nitrogen and oxygen atoms in total. The Labute approximate surface area is 172 Å². The van der Waals surface area contributed by atoms with E-state index in [1.54, 1.807) is 22.5 Å². The minimum Gasteiger partial charge on any atom is -0.345 e. The standard InChI is InChI=1S/C21H28N4O3S/c1-24-20-11-7-10-19(18(20)15-22-24)23-21(26)16-8-6-9-17(14-16)29(27,28)25-12-4-2-3-5-13-25/h6,8-9,14-15,19H,2-5,7,10-13H2,1H3,(H,23,26). The molecular formula is C21H28N4O3S. The van der Waals surface area contributed by atoms with Crippen LogP contribution >= 0.6 is 0 Å². The number of fused-ring (bicyclic) bond motifs is 1. The summed E-state index contributed by atoms with van der Waals surface area (Å²) in [6.07, 6.45) is 8.51. The van der Waals surface area contributed by atoms with Crippen molar-refractivity contribution in [2.45, 2.75) is 55.9 Å². The molecule has 2 aliphatic rings. The summed E-state index contributed by atoms with van der Waals surface area (Å²) in [4.78, 5) is 13.1. The fourth-order valence-electron chi connectivity index (χ4n) is 4.33. The van der Waals surface area contributed by atoms with Gasteiger partial charge in [0, 0.05) is 37.0 Å². The van der Waals surface area contributed by atoms with Crippen molar-refractivity contribution in [1.29, 1.82) is 0 Å². The molecule has 1 atom stereocenters. The van der Waals surface area contributed by atoms with E-state index in [-0.39, 0.29) is 16.8 Å². The molecule has 1 amide bonds. The van der Waals surface area contributed by atoms with E-state index in [1.165, 1.54) is 6.07 Å². The quantitative estimate of drug-likeness (QED) is 0.831. The van der Waals surface area contributed by atoms with Crippen LogP contribution < -0.4 is 5.32 Å². The number of aryl methyl sites for hydroxylation is 1. The van der Waals surface area contributed by atoms with Crippen molar-refractivity contribution >= 4 is 15.9 Å². The normalized spacial score (nSPS) is 20.7. The molecule has 0 bridgehead atoms. The van der Waals surface area contributed by atoms with Gasteiger partial charge in [-0.05, 0) is 50.3 Å². The number of aromatic nitrogens is 2. The molecule has 1 aliphatic carbocycles. The minimum absolute atomic E-state index is 0.0918. The highest BCUT2D eigenvalue weighted by Gasteiger charge is 2.28. The molecule has 0 radical (unpaired) electrons. The number of benzene rings is 1. The second-order valence-electron chi connectivity index (χ2n) is 7.93. The van der Waals surface area contributed by atoms with E-state index < -0.39 is 10.0 Å². The number of nitrogens with one attached hydrogen (secondary N) is 1. The molecule has 1 unspecified atom stereocenters. The molecule has 1 N–H and O–H groups in total. The average molecular weight is 417 g/mol. The van der Waals surface area contributed by atoms with E-state index >= 15 is 0 Å². The van der Waals surface area contributed by atoms with E-state index in [1.807, 2.05) is 17.9 Å². The first-order valence-corrected chi connectivity index (χ1v) is 11.8. The van der Waals surface area contributed by atoms with Crippen LogP contribution in [-0.2, 0) is 23.5 Å². The van der Waals surface area contributed by atoms with E-state index in [0.29, 0.717) is 18.7 Å². The van der Waals surface area contributed by atoms with Gasteiger partial charge in [0.2, 0.25) is 10.0 Å². The lowest BCUT2D eigenvalue weighted by Crippen LogP contribution is -2.33. The molecular weight excluding hydrogens is 388 g/mol. The molecule has 2 aromatic rings. The van der Waals surface area contributed by atoms with Crippen LogP contribution in [0.3, 0.4) is 0 Å². The summed E-state index contributed by atoms with van der Waals surface area (Å²) < 4.78 is 29.5. The summed E-state index contributed by atoms with van der Waals surface area (Å²) in [6.45, 7) is 1.09. The first-order chi connectivity index (χ1) is 14.0. The van der Waals surface area contributed by atoms with Crippen molar-refractivity contribution in [3.05, 3.63) is 47.3 Å². The number of carbonyl (C=O) groups excluding carboxylic acids is 1. The minimum atomic E-state index is -3.58. The third-order valence-electron chi connectivity index (χ3n) is 5.98. The average Bonchev–Trinajstić information content (AvgIpc) is 2.93. The maximum absolute atomic E-state index is 13.1. The van der Waals surface area contributed by atoms with Crippen molar-refractivity contribution in [3.63, 3.8) is 0 Å². The summed E-state index contributed by atoms with van der Waals surface area (Å²) in [5, 5.41) is 7.39. The molecule has 29 heavy (non-hydrogen) atoms. The summed E-state index contributed by atoms with van der Waals surface area (Å²) in [7, 11) is -1.66. The third kappa shape index (κ3) is 4.09. The summed E-state index contributed by atoms with van der Waals surface area (Å²) in [5.74, 6) is -0.250. The smallest absolute Gasteiger partial charge is 0.251 e. The highest BCUT2D eigenvalue weighted by molar-refractivity contribution is 7.89. The second kappa shape index (κ2) is 8.28. The van der Waals surface area contributed by atoms with Crippen LogP contribution in [0, 0.1) is 0 Å². The Morgan fingerprint density at radius 2 is 1.90 bits per heavy atom. The van der Waals surface area contributed by atoms with Crippen LogP contribution in [0.1, 0.15) is 66.2 Å². The summed E-state index contributed by atoms with van der Waals surface area (Å²) in [6, 6.07) is 6.31. The fourth-order valence-corrected chi connectivity index (χ4v) is 5.89. The van der Waals surface area contributed by atoms with Crippen molar-refractivity contribution in [2.75, 3.05) is 13.1 Å². The van der Waals surface area contributed by atoms with Crippen LogP contribution in [0.2, 0.25) is 0 Å². The topological polar surface area (TPSA) is 84.3 Å². The van der Waals surface area contributed by atoms with E-state index in [2.05, 4.69) is 10.4 Å². The van der Waals surface area contributed by atoms with Gasteiger partial charge in [0.15, 0.2) is 0 Å². The molecule has 1 saturated heterocycles. The highest BCUT2D eigenvalue weighted by Crippen LogP contribution is 2.29. The summed E-state index contributed by atoms with van der Waals surface area (Å²) >= 11 is 0. The lowest BCUT2D eigenvalue weighted by Gasteiger charge is -2.24. The van der Waals surface area contributed by atoms with Crippen LogP contribution in [0.15, 0.2) is 35.4 Å². The number of nitrogens with zero attached hydrogens (tertiary/aromatic N) is 3. The molecule has 1 fully saturated rings. The van der Waals surface area contributed by atoms with Crippen LogP contribution in [0.25, 0.3) is 0 Å². The predicted molar refractivity (Wildman–Crippen MR) is 110 cm³/mol. The van der Waals surface area contributed by atoms with Crippen molar-refractivity contribution < 1.29 is 13.2 Å². The van der Waals surface area contributed by atoms with Crippen molar-refractivity contribution in [3.8, 4) is 0 Å².